The number of nitrogen functional groups attached to an aromatic ring is 1. The van der Waals surface area contributed by atoms with Gasteiger partial charge < -0.3 is 11.1 Å². The van der Waals surface area contributed by atoms with Crippen molar-refractivity contribution in [2.75, 3.05) is 11.1 Å². The third-order valence-electron chi connectivity index (χ3n) is 3.94. The molecule has 3 rings (SSSR count). The number of hydrogen-bond acceptors (Lipinski definition) is 6. The van der Waals surface area contributed by atoms with Gasteiger partial charge in [-0.05, 0) is 50.1 Å². The first-order valence-electron chi connectivity index (χ1n) is 7.07. The molecule has 2 heterocycles. The molecule has 0 aromatic carbocycles. The van der Waals surface area contributed by atoms with Gasteiger partial charge in [0, 0.05) is 11.4 Å². The molecule has 1 fully saturated rings. The van der Waals surface area contributed by atoms with Crippen molar-refractivity contribution in [1.82, 2.24) is 9.36 Å². The van der Waals surface area contributed by atoms with Crippen LogP contribution in [0.5, 0.6) is 0 Å². The molecule has 0 radical (unpaired) electrons. The summed E-state index contributed by atoms with van der Waals surface area (Å²) in [6.07, 6.45) is 5.07. The summed E-state index contributed by atoms with van der Waals surface area (Å²) in [5.41, 5.74) is 7.97. The van der Waals surface area contributed by atoms with Gasteiger partial charge >= 0.3 is 0 Å². The van der Waals surface area contributed by atoms with Crippen molar-refractivity contribution in [1.29, 1.82) is 0 Å². The van der Waals surface area contributed by atoms with Gasteiger partial charge in [-0.2, -0.15) is 4.37 Å². The molecular formula is C14H20N4S2. The van der Waals surface area contributed by atoms with E-state index < -0.39 is 0 Å². The molecule has 0 bridgehead atoms. The molecule has 0 saturated heterocycles. The fourth-order valence-corrected chi connectivity index (χ4v) is 4.12. The lowest BCUT2D eigenvalue weighted by atomic mass is 9.87. The molecular weight excluding hydrogens is 288 g/mol. The number of nitrogens with two attached hydrogens (primary N) is 1. The van der Waals surface area contributed by atoms with Crippen LogP contribution in [0, 0.1) is 12.8 Å². The lowest BCUT2D eigenvalue weighted by Gasteiger charge is -2.27. The summed E-state index contributed by atoms with van der Waals surface area (Å²) >= 11 is 3.10. The highest BCUT2D eigenvalue weighted by Crippen LogP contribution is 2.38. The molecule has 0 atom stereocenters. The Morgan fingerprint density at radius 3 is 2.70 bits per heavy atom. The highest BCUT2D eigenvalue weighted by molar-refractivity contribution is 7.11. The van der Waals surface area contributed by atoms with Crippen LogP contribution in [0.25, 0.3) is 11.3 Å². The quantitative estimate of drug-likeness (QED) is 0.894. The Morgan fingerprint density at radius 2 is 2.05 bits per heavy atom. The van der Waals surface area contributed by atoms with Crippen LogP contribution in [0.2, 0.25) is 0 Å². The summed E-state index contributed by atoms with van der Waals surface area (Å²) in [7, 11) is 0. The molecule has 0 spiro atoms. The van der Waals surface area contributed by atoms with E-state index in [1.54, 1.807) is 11.3 Å². The highest BCUT2D eigenvalue weighted by Gasteiger charge is 2.22. The molecule has 20 heavy (non-hydrogen) atoms. The van der Waals surface area contributed by atoms with Crippen LogP contribution in [0.1, 0.15) is 37.6 Å². The second-order valence-electron chi connectivity index (χ2n) is 5.62. The summed E-state index contributed by atoms with van der Waals surface area (Å²) in [5.74, 6) is 1.45. The smallest absolute Gasteiger partial charge is 0.148 e. The van der Waals surface area contributed by atoms with Crippen LogP contribution in [0.4, 0.5) is 10.8 Å². The zero-order valence-corrected chi connectivity index (χ0v) is 13.5. The maximum Gasteiger partial charge on any atom is 0.148 e. The van der Waals surface area contributed by atoms with Gasteiger partial charge in [-0.3, -0.25) is 0 Å². The maximum atomic E-state index is 6.03. The van der Waals surface area contributed by atoms with E-state index >= 15 is 0 Å². The highest BCUT2D eigenvalue weighted by atomic mass is 32.1. The molecule has 0 unspecified atom stereocenters. The number of thiazole rings is 1. The summed E-state index contributed by atoms with van der Waals surface area (Å²) in [5, 5.41) is 7.83. The van der Waals surface area contributed by atoms with Crippen molar-refractivity contribution in [3.8, 4) is 11.3 Å². The predicted molar refractivity (Wildman–Crippen MR) is 87.4 cm³/mol. The molecule has 2 aromatic rings. The predicted octanol–water partition coefficient (Wildman–Crippen LogP) is 4.15. The molecule has 0 aliphatic heterocycles. The number of rotatable bonds is 3. The van der Waals surface area contributed by atoms with E-state index in [0.717, 1.165) is 27.2 Å². The number of aromatic nitrogens is 2. The van der Waals surface area contributed by atoms with Gasteiger partial charge in [-0.1, -0.05) is 6.92 Å². The van der Waals surface area contributed by atoms with Crippen molar-refractivity contribution in [2.45, 2.75) is 45.6 Å². The molecule has 108 valence electrons. The number of anilines is 2. The minimum Gasteiger partial charge on any atom is -0.382 e. The van der Waals surface area contributed by atoms with Crippen molar-refractivity contribution in [3.05, 3.63) is 10.4 Å². The van der Waals surface area contributed by atoms with E-state index in [-0.39, 0.29) is 0 Å². The van der Waals surface area contributed by atoms with Gasteiger partial charge in [-0.25, -0.2) is 4.98 Å². The van der Waals surface area contributed by atoms with Gasteiger partial charge in [-0.15, -0.1) is 11.3 Å². The molecule has 6 heteroatoms. The minimum absolute atomic E-state index is 0.546. The second-order valence-corrected chi connectivity index (χ2v) is 7.46. The van der Waals surface area contributed by atoms with Gasteiger partial charge in [0.15, 0.2) is 0 Å². The normalized spacial score (nSPS) is 22.9. The number of aryl methyl sites for hydroxylation is 1. The summed E-state index contributed by atoms with van der Waals surface area (Å²) in [6, 6.07) is 0.546. The van der Waals surface area contributed by atoms with Crippen LogP contribution < -0.4 is 11.1 Å². The first-order chi connectivity index (χ1) is 9.63. The van der Waals surface area contributed by atoms with Crippen molar-refractivity contribution >= 4 is 33.7 Å². The zero-order valence-electron chi connectivity index (χ0n) is 11.8. The lowest BCUT2D eigenvalue weighted by Crippen LogP contribution is -2.24. The van der Waals surface area contributed by atoms with E-state index in [9.17, 15) is 0 Å². The lowest BCUT2D eigenvalue weighted by molar-refractivity contribution is 0.361. The standard InChI is InChI=1S/C14H20N4S2/c1-8-3-5-10(6-4-8)17-14-12(13(15)18-20-14)11-7-19-9(2)16-11/h7-8,10,17H,3-6H2,1-2H3,(H2,15,18). The van der Waals surface area contributed by atoms with Gasteiger partial charge in [0.1, 0.15) is 10.8 Å². The Hall–Kier alpha value is -1.14. The zero-order chi connectivity index (χ0) is 14.1. The Kier molecular flexibility index (Phi) is 3.94. The fourth-order valence-electron chi connectivity index (χ4n) is 2.72. The van der Waals surface area contributed by atoms with Crippen LogP contribution in [0.3, 0.4) is 0 Å². The van der Waals surface area contributed by atoms with E-state index in [0.29, 0.717) is 11.9 Å². The first kappa shape index (κ1) is 13.8. The van der Waals surface area contributed by atoms with E-state index in [2.05, 4.69) is 27.0 Å². The van der Waals surface area contributed by atoms with Gasteiger partial charge in [0.05, 0.1) is 16.3 Å². The Bertz CT molecular complexity index is 582. The van der Waals surface area contributed by atoms with Crippen molar-refractivity contribution in [2.24, 2.45) is 5.92 Å². The van der Waals surface area contributed by atoms with Crippen LogP contribution in [-0.2, 0) is 0 Å². The molecule has 2 aromatic heterocycles. The van der Waals surface area contributed by atoms with Gasteiger partial charge in [0.2, 0.25) is 0 Å². The SMILES string of the molecule is Cc1nc(-c2c(N)nsc2NC2CCC(C)CC2)cs1. The average molecular weight is 308 g/mol. The number of nitrogens with zero attached hydrogens (tertiary/aromatic N) is 2. The Morgan fingerprint density at radius 1 is 1.30 bits per heavy atom. The number of nitrogens with one attached hydrogen (secondary N) is 1. The monoisotopic (exact) mass is 308 g/mol. The van der Waals surface area contributed by atoms with E-state index in [1.165, 1.54) is 37.2 Å². The molecule has 1 aliphatic rings. The van der Waals surface area contributed by atoms with Crippen LogP contribution >= 0.6 is 22.9 Å². The van der Waals surface area contributed by atoms with E-state index in [1.807, 2.05) is 6.92 Å². The molecule has 3 N–H and O–H groups in total. The Labute approximate surface area is 127 Å². The minimum atomic E-state index is 0.546. The summed E-state index contributed by atoms with van der Waals surface area (Å²) in [4.78, 5) is 4.54. The molecule has 1 aliphatic carbocycles. The van der Waals surface area contributed by atoms with Crippen molar-refractivity contribution in [3.63, 3.8) is 0 Å². The number of hydrogen-bond donors (Lipinski definition) is 2. The molecule has 1 saturated carbocycles. The van der Waals surface area contributed by atoms with Crippen molar-refractivity contribution < 1.29 is 0 Å². The topological polar surface area (TPSA) is 63.8 Å². The van der Waals surface area contributed by atoms with Gasteiger partial charge in [0.25, 0.3) is 0 Å². The third kappa shape index (κ3) is 2.81. The fraction of sp³-hybridized carbons (Fsp3) is 0.571. The van der Waals surface area contributed by atoms with Crippen LogP contribution in [-0.4, -0.2) is 15.4 Å². The second kappa shape index (κ2) is 5.69. The Balaban J connectivity index is 1.80. The average Bonchev–Trinajstić information content (AvgIpc) is 2.99. The largest absolute Gasteiger partial charge is 0.382 e. The molecule has 0 amide bonds. The molecule has 4 nitrogen and oxygen atoms in total. The summed E-state index contributed by atoms with van der Waals surface area (Å²) in [6.45, 7) is 4.35. The third-order valence-corrected chi connectivity index (χ3v) is 5.51. The van der Waals surface area contributed by atoms with E-state index in [4.69, 9.17) is 5.73 Å². The maximum absolute atomic E-state index is 6.03. The summed E-state index contributed by atoms with van der Waals surface area (Å²) < 4.78 is 4.30. The first-order valence-corrected chi connectivity index (χ1v) is 8.73. The van der Waals surface area contributed by atoms with Crippen LogP contribution in [0.15, 0.2) is 5.38 Å².